The Hall–Kier alpha value is -0.610. The maximum Gasteiger partial charge on any atom is 0.204 e. The second-order valence-electron chi connectivity index (χ2n) is 2.04. The predicted octanol–water partition coefficient (Wildman–Crippen LogP) is 2.15. The quantitative estimate of drug-likeness (QED) is 0.697. The molecule has 0 N–H and O–H groups in total. The minimum Gasteiger partial charge on any atom is -0.276 e. The Bertz CT molecular complexity index is 398. The van der Waals surface area contributed by atoms with Crippen LogP contribution in [-0.4, -0.2) is 14.6 Å². The van der Waals surface area contributed by atoms with Gasteiger partial charge >= 0.3 is 0 Å². The van der Waals surface area contributed by atoms with Gasteiger partial charge in [0, 0.05) is 6.20 Å². The van der Waals surface area contributed by atoms with Crippen molar-refractivity contribution in [2.45, 2.75) is 0 Å². The van der Waals surface area contributed by atoms with Crippen LogP contribution in [0.2, 0.25) is 5.02 Å². The highest BCUT2D eigenvalue weighted by Gasteiger charge is 2.00. The molecule has 56 valence electrons. The zero-order valence-corrected chi connectivity index (χ0v) is 7.67. The van der Waals surface area contributed by atoms with Crippen molar-refractivity contribution in [2.75, 3.05) is 0 Å². The van der Waals surface area contributed by atoms with E-state index in [0.717, 1.165) is 5.65 Å². The Morgan fingerprint density at radius 3 is 3.00 bits per heavy atom. The number of nitrogens with zero attached hydrogens (tertiary/aromatic N) is 3. The minimum atomic E-state index is 0.662. The van der Waals surface area contributed by atoms with Crippen LogP contribution in [0.1, 0.15) is 0 Å². The molecule has 2 heterocycles. The Morgan fingerprint density at radius 1 is 1.36 bits per heavy atom. The summed E-state index contributed by atoms with van der Waals surface area (Å²) in [6, 6.07) is 3.58. The topological polar surface area (TPSA) is 30.2 Å². The van der Waals surface area contributed by atoms with Gasteiger partial charge in [0.1, 0.15) is 0 Å². The number of fused-ring (bicyclic) bond motifs is 1. The molecule has 2 rings (SSSR count). The van der Waals surface area contributed by atoms with Gasteiger partial charge < -0.3 is 0 Å². The lowest BCUT2D eigenvalue weighted by atomic mass is 10.5. The highest BCUT2D eigenvalue weighted by molar-refractivity contribution is 9.10. The fourth-order valence-corrected chi connectivity index (χ4v) is 1.36. The summed E-state index contributed by atoms with van der Waals surface area (Å²) in [7, 11) is 0. The van der Waals surface area contributed by atoms with Crippen LogP contribution >= 0.6 is 27.5 Å². The van der Waals surface area contributed by atoms with Crippen LogP contribution in [0.25, 0.3) is 5.65 Å². The van der Waals surface area contributed by atoms with Gasteiger partial charge in [-0.15, -0.1) is 10.2 Å². The van der Waals surface area contributed by atoms with Crippen molar-refractivity contribution < 1.29 is 0 Å². The molecule has 5 heteroatoms. The highest BCUT2D eigenvalue weighted by Crippen LogP contribution is 2.13. The number of hydrogen-bond donors (Lipinski definition) is 0. The van der Waals surface area contributed by atoms with E-state index in [1.165, 1.54) is 0 Å². The molecular formula is C6H3BrClN3. The van der Waals surface area contributed by atoms with Crippen molar-refractivity contribution in [3.63, 3.8) is 0 Å². The molecule has 0 aliphatic heterocycles. The van der Waals surface area contributed by atoms with Crippen molar-refractivity contribution in [2.24, 2.45) is 0 Å². The summed E-state index contributed by atoms with van der Waals surface area (Å²) in [6.07, 6.45) is 1.75. The van der Waals surface area contributed by atoms with Gasteiger partial charge in [0.25, 0.3) is 0 Å². The van der Waals surface area contributed by atoms with E-state index in [1.807, 2.05) is 0 Å². The van der Waals surface area contributed by atoms with Crippen molar-refractivity contribution in [1.29, 1.82) is 0 Å². The standard InChI is InChI=1S/C6H3BrClN3/c7-6-10-9-5-2-1-4(8)3-11(5)6/h1-3H. The molecule has 0 aliphatic rings. The zero-order chi connectivity index (χ0) is 7.84. The summed E-state index contributed by atoms with van der Waals surface area (Å²) in [5.41, 5.74) is 0.779. The van der Waals surface area contributed by atoms with Crippen LogP contribution in [0.4, 0.5) is 0 Å². The van der Waals surface area contributed by atoms with Gasteiger partial charge in [-0.3, -0.25) is 4.40 Å². The van der Waals surface area contributed by atoms with E-state index in [2.05, 4.69) is 26.1 Å². The molecule has 0 fully saturated rings. The van der Waals surface area contributed by atoms with Crippen LogP contribution in [0.5, 0.6) is 0 Å². The smallest absolute Gasteiger partial charge is 0.204 e. The van der Waals surface area contributed by atoms with Crippen molar-refractivity contribution in [1.82, 2.24) is 14.6 Å². The first-order valence-electron chi connectivity index (χ1n) is 2.93. The second-order valence-corrected chi connectivity index (χ2v) is 3.19. The van der Waals surface area contributed by atoms with E-state index in [4.69, 9.17) is 11.6 Å². The van der Waals surface area contributed by atoms with E-state index in [9.17, 15) is 0 Å². The maximum atomic E-state index is 5.75. The molecule has 0 aliphatic carbocycles. The second kappa shape index (κ2) is 2.46. The summed E-state index contributed by atoms with van der Waals surface area (Å²) in [5.74, 6) is 0. The van der Waals surface area contributed by atoms with Crippen LogP contribution in [0.3, 0.4) is 0 Å². The van der Waals surface area contributed by atoms with Gasteiger partial charge in [-0.05, 0) is 28.1 Å². The first kappa shape index (κ1) is 7.06. The summed E-state index contributed by atoms with van der Waals surface area (Å²) in [5, 5.41) is 8.34. The average molecular weight is 232 g/mol. The van der Waals surface area contributed by atoms with Crippen molar-refractivity contribution in [3.8, 4) is 0 Å². The average Bonchev–Trinajstić information content (AvgIpc) is 2.33. The molecule has 0 amide bonds. The van der Waals surface area contributed by atoms with Gasteiger partial charge in [-0.1, -0.05) is 11.6 Å². The summed E-state index contributed by atoms with van der Waals surface area (Å²) in [4.78, 5) is 0. The van der Waals surface area contributed by atoms with Crippen molar-refractivity contribution >= 4 is 33.2 Å². The lowest BCUT2D eigenvalue weighted by Gasteiger charge is -1.92. The van der Waals surface area contributed by atoms with Crippen LogP contribution in [0.15, 0.2) is 23.1 Å². The Balaban J connectivity index is 2.87. The molecule has 2 aromatic rings. The molecule has 0 bridgehead atoms. The first-order valence-corrected chi connectivity index (χ1v) is 4.10. The van der Waals surface area contributed by atoms with Crippen LogP contribution in [0, 0.1) is 0 Å². The zero-order valence-electron chi connectivity index (χ0n) is 5.33. The molecule has 0 spiro atoms. The summed E-state index contributed by atoms with van der Waals surface area (Å²) in [6.45, 7) is 0. The highest BCUT2D eigenvalue weighted by atomic mass is 79.9. The van der Waals surface area contributed by atoms with Crippen molar-refractivity contribution in [3.05, 3.63) is 28.1 Å². The fraction of sp³-hybridized carbons (Fsp3) is 0. The van der Waals surface area contributed by atoms with E-state index in [1.54, 1.807) is 22.7 Å². The molecule has 0 atom stereocenters. The summed E-state index contributed by atoms with van der Waals surface area (Å²) < 4.78 is 2.43. The predicted molar refractivity (Wildman–Crippen MR) is 45.7 cm³/mol. The molecule has 0 radical (unpaired) electrons. The third kappa shape index (κ3) is 1.12. The van der Waals surface area contributed by atoms with E-state index < -0.39 is 0 Å². The number of rotatable bonds is 0. The molecule has 3 nitrogen and oxygen atoms in total. The van der Waals surface area contributed by atoms with Gasteiger partial charge in [0.05, 0.1) is 5.02 Å². The number of halogens is 2. The van der Waals surface area contributed by atoms with E-state index >= 15 is 0 Å². The Morgan fingerprint density at radius 2 is 2.18 bits per heavy atom. The number of hydrogen-bond acceptors (Lipinski definition) is 2. The molecule has 0 saturated heterocycles. The molecule has 0 saturated carbocycles. The normalized spacial score (nSPS) is 10.7. The fourth-order valence-electron chi connectivity index (χ4n) is 0.837. The number of pyridine rings is 1. The summed E-state index contributed by atoms with van der Waals surface area (Å²) >= 11 is 8.98. The van der Waals surface area contributed by atoms with Crippen LogP contribution in [-0.2, 0) is 0 Å². The maximum absolute atomic E-state index is 5.75. The Labute approximate surface area is 76.1 Å². The van der Waals surface area contributed by atoms with Gasteiger partial charge in [0.2, 0.25) is 4.73 Å². The molecule has 0 aromatic carbocycles. The molecule has 0 unspecified atom stereocenters. The SMILES string of the molecule is Clc1ccc2nnc(Br)n2c1. The van der Waals surface area contributed by atoms with Gasteiger partial charge in [-0.25, -0.2) is 0 Å². The van der Waals surface area contributed by atoms with E-state index in [-0.39, 0.29) is 0 Å². The first-order chi connectivity index (χ1) is 5.27. The minimum absolute atomic E-state index is 0.662. The lowest BCUT2D eigenvalue weighted by Crippen LogP contribution is -1.82. The third-order valence-electron chi connectivity index (χ3n) is 1.32. The van der Waals surface area contributed by atoms with Gasteiger partial charge in [-0.2, -0.15) is 0 Å². The largest absolute Gasteiger partial charge is 0.276 e. The van der Waals surface area contributed by atoms with Gasteiger partial charge in [0.15, 0.2) is 5.65 Å². The third-order valence-corrected chi connectivity index (χ3v) is 2.09. The number of aromatic nitrogens is 3. The van der Waals surface area contributed by atoms with E-state index in [0.29, 0.717) is 9.76 Å². The Kier molecular flexibility index (Phi) is 1.58. The monoisotopic (exact) mass is 231 g/mol. The molecule has 2 aromatic heterocycles. The molecule has 11 heavy (non-hydrogen) atoms. The lowest BCUT2D eigenvalue weighted by molar-refractivity contribution is 1.05. The molecular weight excluding hydrogens is 229 g/mol. The van der Waals surface area contributed by atoms with Crippen LogP contribution < -0.4 is 0 Å².